The van der Waals surface area contributed by atoms with Crippen molar-refractivity contribution in [2.24, 2.45) is 0 Å². The Balaban J connectivity index is 3.41. The van der Waals surface area contributed by atoms with Crippen molar-refractivity contribution in [1.82, 2.24) is 0 Å². The summed E-state index contributed by atoms with van der Waals surface area (Å²) in [7, 11) is -1.54. The first kappa shape index (κ1) is 14.6. The summed E-state index contributed by atoms with van der Waals surface area (Å²) in [5.41, 5.74) is 0.298. The van der Waals surface area contributed by atoms with Crippen molar-refractivity contribution < 1.29 is 27.6 Å². The van der Waals surface area contributed by atoms with E-state index in [1.165, 1.54) is 26.4 Å². The van der Waals surface area contributed by atoms with Gasteiger partial charge >= 0.3 is 0 Å². The highest BCUT2D eigenvalue weighted by atomic mass is 32.2. The fourth-order valence-corrected chi connectivity index (χ4v) is 2.62. The van der Waals surface area contributed by atoms with Crippen LogP contribution >= 0.6 is 0 Å². The third-order valence-electron chi connectivity index (χ3n) is 2.60. The van der Waals surface area contributed by atoms with Gasteiger partial charge in [0.25, 0.3) is 10.1 Å². The standard InChI is InChI=1S/C11H16O6S/c1-4-10(18(13,14)15)7-5-8(16-2)11(12)9(6-7)17-3/h5-6,10,12H,4H2,1-3H3,(H,13,14,15)/t10-/m1/s1. The number of benzene rings is 1. The van der Waals surface area contributed by atoms with Crippen LogP contribution in [0.3, 0.4) is 0 Å². The number of hydrogen-bond acceptors (Lipinski definition) is 5. The lowest BCUT2D eigenvalue weighted by Gasteiger charge is -2.16. The van der Waals surface area contributed by atoms with E-state index in [9.17, 15) is 13.5 Å². The Kier molecular flexibility index (Phi) is 4.42. The minimum Gasteiger partial charge on any atom is -0.502 e. The van der Waals surface area contributed by atoms with Gasteiger partial charge in [-0.05, 0) is 24.1 Å². The van der Waals surface area contributed by atoms with Gasteiger partial charge < -0.3 is 14.6 Å². The van der Waals surface area contributed by atoms with Crippen LogP contribution in [0.4, 0.5) is 0 Å². The average Bonchev–Trinajstić information content (AvgIpc) is 2.29. The molecule has 0 saturated carbocycles. The second-order valence-corrected chi connectivity index (χ2v) is 5.28. The molecule has 0 aliphatic rings. The molecule has 0 fully saturated rings. The van der Waals surface area contributed by atoms with Crippen molar-refractivity contribution in [2.75, 3.05) is 14.2 Å². The smallest absolute Gasteiger partial charge is 0.271 e. The van der Waals surface area contributed by atoms with E-state index < -0.39 is 15.4 Å². The maximum Gasteiger partial charge on any atom is 0.271 e. The maximum atomic E-state index is 11.3. The zero-order valence-corrected chi connectivity index (χ0v) is 11.2. The SMILES string of the molecule is CC[C@H](c1cc(OC)c(O)c(OC)c1)S(=O)(=O)O. The molecule has 6 nitrogen and oxygen atoms in total. The number of rotatable bonds is 5. The quantitative estimate of drug-likeness (QED) is 0.796. The fraction of sp³-hybridized carbons (Fsp3) is 0.455. The molecule has 1 aromatic carbocycles. The van der Waals surface area contributed by atoms with Crippen LogP contribution in [-0.4, -0.2) is 32.3 Å². The molecule has 0 aromatic heterocycles. The Morgan fingerprint density at radius 1 is 1.22 bits per heavy atom. The topological polar surface area (TPSA) is 93.1 Å². The molecular formula is C11H16O6S. The minimum atomic E-state index is -4.22. The largest absolute Gasteiger partial charge is 0.502 e. The second kappa shape index (κ2) is 5.45. The van der Waals surface area contributed by atoms with Gasteiger partial charge in [-0.2, -0.15) is 8.42 Å². The van der Waals surface area contributed by atoms with Crippen molar-refractivity contribution in [1.29, 1.82) is 0 Å². The summed E-state index contributed by atoms with van der Waals surface area (Å²) in [4.78, 5) is 0. The monoisotopic (exact) mass is 276 g/mol. The second-order valence-electron chi connectivity index (χ2n) is 3.69. The lowest BCUT2D eigenvalue weighted by atomic mass is 10.1. The third kappa shape index (κ3) is 2.85. The lowest BCUT2D eigenvalue weighted by molar-refractivity contribution is 0.339. The molecule has 0 aliphatic heterocycles. The van der Waals surface area contributed by atoms with Crippen LogP contribution in [0.2, 0.25) is 0 Å². The van der Waals surface area contributed by atoms with Gasteiger partial charge in [0.15, 0.2) is 11.5 Å². The Hall–Kier alpha value is -1.47. The summed E-state index contributed by atoms with van der Waals surface area (Å²) in [5.74, 6) is -0.0353. The summed E-state index contributed by atoms with van der Waals surface area (Å²) in [5, 5.41) is 8.63. The van der Waals surface area contributed by atoms with Gasteiger partial charge in [-0.15, -0.1) is 0 Å². The molecule has 0 radical (unpaired) electrons. The van der Waals surface area contributed by atoms with Gasteiger partial charge in [0, 0.05) is 0 Å². The average molecular weight is 276 g/mol. The Morgan fingerprint density at radius 3 is 1.94 bits per heavy atom. The normalized spacial score (nSPS) is 13.1. The fourth-order valence-electron chi connectivity index (χ4n) is 1.72. The molecule has 1 aromatic rings. The summed E-state index contributed by atoms with van der Waals surface area (Å²) < 4.78 is 41.5. The van der Waals surface area contributed by atoms with E-state index in [4.69, 9.17) is 14.0 Å². The van der Waals surface area contributed by atoms with Crippen molar-refractivity contribution in [3.63, 3.8) is 0 Å². The number of aromatic hydroxyl groups is 1. The van der Waals surface area contributed by atoms with Crippen LogP contribution in [-0.2, 0) is 10.1 Å². The highest BCUT2D eigenvalue weighted by Crippen LogP contribution is 2.40. The van der Waals surface area contributed by atoms with Gasteiger partial charge in [-0.1, -0.05) is 6.92 Å². The van der Waals surface area contributed by atoms with E-state index in [1.807, 2.05) is 0 Å². The van der Waals surface area contributed by atoms with Gasteiger partial charge in [0.05, 0.1) is 14.2 Å². The Labute approximate surface area is 106 Å². The first-order valence-electron chi connectivity index (χ1n) is 5.26. The van der Waals surface area contributed by atoms with E-state index in [-0.39, 0.29) is 23.7 Å². The molecule has 18 heavy (non-hydrogen) atoms. The van der Waals surface area contributed by atoms with Crippen molar-refractivity contribution in [2.45, 2.75) is 18.6 Å². The number of hydrogen-bond donors (Lipinski definition) is 2. The number of phenolic OH excluding ortho intramolecular Hbond substituents is 1. The molecule has 102 valence electrons. The summed E-state index contributed by atoms with van der Waals surface area (Å²) in [6.45, 7) is 1.63. The molecule has 0 spiro atoms. The van der Waals surface area contributed by atoms with Crippen molar-refractivity contribution in [3.8, 4) is 17.2 Å². The molecule has 0 heterocycles. The third-order valence-corrected chi connectivity index (χ3v) is 3.93. The summed E-state index contributed by atoms with van der Waals surface area (Å²) in [6, 6.07) is 2.72. The van der Waals surface area contributed by atoms with E-state index in [0.29, 0.717) is 5.56 Å². The highest BCUT2D eigenvalue weighted by molar-refractivity contribution is 7.86. The van der Waals surface area contributed by atoms with Gasteiger partial charge in [-0.3, -0.25) is 4.55 Å². The van der Waals surface area contributed by atoms with E-state index in [2.05, 4.69) is 0 Å². The number of methoxy groups -OCH3 is 2. The molecule has 1 atom stereocenters. The van der Waals surface area contributed by atoms with Gasteiger partial charge in [0.2, 0.25) is 5.75 Å². The predicted molar refractivity (Wildman–Crippen MR) is 65.8 cm³/mol. The van der Waals surface area contributed by atoms with Gasteiger partial charge in [0.1, 0.15) is 5.25 Å². The number of ether oxygens (including phenoxy) is 2. The Bertz CT molecular complexity index is 497. The molecular weight excluding hydrogens is 260 g/mol. The van der Waals surface area contributed by atoms with Crippen LogP contribution in [0.15, 0.2) is 12.1 Å². The zero-order chi connectivity index (χ0) is 13.9. The Morgan fingerprint density at radius 2 is 1.67 bits per heavy atom. The van der Waals surface area contributed by atoms with Gasteiger partial charge in [-0.25, -0.2) is 0 Å². The molecule has 1 rings (SSSR count). The molecule has 7 heteroatoms. The van der Waals surface area contributed by atoms with Crippen LogP contribution in [0.25, 0.3) is 0 Å². The molecule has 0 aliphatic carbocycles. The first-order valence-corrected chi connectivity index (χ1v) is 6.76. The highest BCUT2D eigenvalue weighted by Gasteiger charge is 2.25. The van der Waals surface area contributed by atoms with E-state index in [0.717, 1.165) is 0 Å². The maximum absolute atomic E-state index is 11.3. The van der Waals surface area contributed by atoms with Crippen molar-refractivity contribution >= 4 is 10.1 Å². The zero-order valence-electron chi connectivity index (χ0n) is 10.4. The van der Waals surface area contributed by atoms with Crippen molar-refractivity contribution in [3.05, 3.63) is 17.7 Å². The van der Waals surface area contributed by atoms with Crippen LogP contribution in [0.1, 0.15) is 24.2 Å². The molecule has 0 bridgehead atoms. The molecule has 2 N–H and O–H groups in total. The first-order chi connectivity index (χ1) is 8.35. The molecule has 0 unspecified atom stereocenters. The lowest BCUT2D eigenvalue weighted by Crippen LogP contribution is -2.11. The van der Waals surface area contributed by atoms with Crippen LogP contribution in [0, 0.1) is 0 Å². The molecule has 0 amide bonds. The van der Waals surface area contributed by atoms with Crippen LogP contribution in [0.5, 0.6) is 17.2 Å². The van der Waals surface area contributed by atoms with Crippen LogP contribution < -0.4 is 9.47 Å². The summed E-state index contributed by atoms with van der Waals surface area (Å²) in [6.07, 6.45) is 0.190. The van der Waals surface area contributed by atoms with E-state index in [1.54, 1.807) is 6.92 Å². The predicted octanol–water partition coefficient (Wildman–Crippen LogP) is 1.75. The minimum absolute atomic E-state index is 0.0893. The summed E-state index contributed by atoms with van der Waals surface area (Å²) >= 11 is 0. The van der Waals surface area contributed by atoms with E-state index >= 15 is 0 Å². The number of phenols is 1. The molecule has 0 saturated heterocycles.